The predicted octanol–water partition coefficient (Wildman–Crippen LogP) is 1.24. The standard InChI is InChI=1S/C11H14F3N3O2S/c12-11(13,14)20(18,19)17-6-4-16(5-7-17)10-3-1-2-9(15)8-10/h1-3,8H,4-7,15H2. The minimum absolute atomic E-state index is 0.193. The molecular formula is C11H14F3N3O2S. The number of nitrogen functional groups attached to an aromatic ring is 1. The first kappa shape index (κ1) is 14.9. The zero-order valence-corrected chi connectivity index (χ0v) is 11.3. The van der Waals surface area contributed by atoms with Crippen molar-refractivity contribution in [3.05, 3.63) is 24.3 Å². The molecule has 2 rings (SSSR count). The minimum Gasteiger partial charge on any atom is -0.399 e. The Morgan fingerprint density at radius 1 is 1.10 bits per heavy atom. The fourth-order valence-electron chi connectivity index (χ4n) is 2.05. The molecule has 0 aromatic heterocycles. The largest absolute Gasteiger partial charge is 0.511 e. The van der Waals surface area contributed by atoms with Gasteiger partial charge in [0, 0.05) is 37.6 Å². The van der Waals surface area contributed by atoms with E-state index < -0.39 is 15.5 Å². The lowest BCUT2D eigenvalue weighted by Gasteiger charge is -2.35. The number of sulfonamides is 1. The Labute approximate surface area is 114 Å². The minimum atomic E-state index is -5.24. The zero-order chi connectivity index (χ0) is 15.0. The second-order valence-electron chi connectivity index (χ2n) is 4.43. The molecule has 112 valence electrons. The third-order valence-electron chi connectivity index (χ3n) is 3.11. The summed E-state index contributed by atoms with van der Waals surface area (Å²) in [5.74, 6) is 0. The van der Waals surface area contributed by atoms with Crippen LogP contribution in [0.5, 0.6) is 0 Å². The summed E-state index contributed by atoms with van der Waals surface area (Å²) in [5, 5.41) is 0. The van der Waals surface area contributed by atoms with Crippen molar-refractivity contribution in [3.63, 3.8) is 0 Å². The second kappa shape index (κ2) is 5.13. The third-order valence-corrected chi connectivity index (χ3v) is 4.74. The average Bonchev–Trinajstić information content (AvgIpc) is 2.37. The normalized spacial score (nSPS) is 18.2. The van der Waals surface area contributed by atoms with E-state index >= 15 is 0 Å². The van der Waals surface area contributed by atoms with Gasteiger partial charge in [0.15, 0.2) is 0 Å². The van der Waals surface area contributed by atoms with Crippen LogP contribution >= 0.6 is 0 Å². The average molecular weight is 309 g/mol. The summed E-state index contributed by atoms with van der Waals surface area (Å²) in [7, 11) is -5.23. The maximum atomic E-state index is 12.4. The number of halogens is 3. The van der Waals surface area contributed by atoms with E-state index in [0.29, 0.717) is 9.99 Å². The molecule has 20 heavy (non-hydrogen) atoms. The van der Waals surface area contributed by atoms with Crippen molar-refractivity contribution in [3.8, 4) is 0 Å². The first-order valence-corrected chi connectivity index (χ1v) is 7.33. The van der Waals surface area contributed by atoms with Gasteiger partial charge in [0.1, 0.15) is 0 Å². The van der Waals surface area contributed by atoms with Crippen molar-refractivity contribution in [2.45, 2.75) is 5.51 Å². The molecule has 1 aromatic carbocycles. The zero-order valence-electron chi connectivity index (χ0n) is 10.5. The molecule has 1 heterocycles. The second-order valence-corrected chi connectivity index (χ2v) is 6.36. The van der Waals surface area contributed by atoms with Crippen LogP contribution < -0.4 is 10.6 Å². The van der Waals surface area contributed by atoms with Crippen LogP contribution in [0.25, 0.3) is 0 Å². The van der Waals surface area contributed by atoms with Crippen molar-refractivity contribution in [1.29, 1.82) is 0 Å². The van der Waals surface area contributed by atoms with Gasteiger partial charge in [-0.05, 0) is 18.2 Å². The van der Waals surface area contributed by atoms with Gasteiger partial charge in [0.25, 0.3) is 0 Å². The topological polar surface area (TPSA) is 66.6 Å². The molecule has 5 nitrogen and oxygen atoms in total. The van der Waals surface area contributed by atoms with E-state index in [-0.39, 0.29) is 26.2 Å². The lowest BCUT2D eigenvalue weighted by molar-refractivity contribution is -0.0490. The molecule has 0 saturated carbocycles. The number of benzene rings is 1. The number of hydrogen-bond acceptors (Lipinski definition) is 4. The molecule has 1 aliphatic heterocycles. The highest BCUT2D eigenvalue weighted by Crippen LogP contribution is 2.28. The van der Waals surface area contributed by atoms with Gasteiger partial charge >= 0.3 is 15.5 Å². The van der Waals surface area contributed by atoms with Gasteiger partial charge in [0.2, 0.25) is 0 Å². The Hall–Kier alpha value is -1.48. The first-order valence-electron chi connectivity index (χ1n) is 5.89. The SMILES string of the molecule is Nc1cccc(N2CCN(S(=O)(=O)C(F)(F)F)CC2)c1. The molecule has 0 unspecified atom stereocenters. The summed E-state index contributed by atoms with van der Waals surface area (Å²) in [6, 6.07) is 6.93. The summed E-state index contributed by atoms with van der Waals surface area (Å²) in [5.41, 5.74) is 1.71. The Morgan fingerprint density at radius 3 is 2.20 bits per heavy atom. The van der Waals surface area contributed by atoms with Crippen molar-refractivity contribution in [2.75, 3.05) is 36.8 Å². The van der Waals surface area contributed by atoms with E-state index in [1.807, 2.05) is 0 Å². The molecule has 2 N–H and O–H groups in total. The van der Waals surface area contributed by atoms with E-state index in [2.05, 4.69) is 0 Å². The highest BCUT2D eigenvalue weighted by Gasteiger charge is 2.50. The molecule has 0 radical (unpaired) electrons. The fraction of sp³-hybridized carbons (Fsp3) is 0.455. The number of piperazine rings is 1. The molecule has 1 fully saturated rings. The Balaban J connectivity index is 2.07. The van der Waals surface area contributed by atoms with E-state index in [1.54, 1.807) is 29.2 Å². The quantitative estimate of drug-likeness (QED) is 0.835. The molecule has 0 bridgehead atoms. The van der Waals surface area contributed by atoms with E-state index in [4.69, 9.17) is 5.73 Å². The van der Waals surface area contributed by atoms with Crippen LogP contribution in [-0.4, -0.2) is 44.4 Å². The molecule has 0 atom stereocenters. The Kier molecular flexibility index (Phi) is 3.83. The molecule has 1 aliphatic rings. The van der Waals surface area contributed by atoms with Crippen molar-refractivity contribution in [1.82, 2.24) is 4.31 Å². The lowest BCUT2D eigenvalue weighted by atomic mass is 10.2. The van der Waals surface area contributed by atoms with Gasteiger partial charge in [0.05, 0.1) is 0 Å². The molecule has 0 amide bonds. The first-order chi connectivity index (χ1) is 9.22. The number of anilines is 2. The van der Waals surface area contributed by atoms with Crippen LogP contribution in [0.4, 0.5) is 24.5 Å². The van der Waals surface area contributed by atoms with E-state index in [1.165, 1.54) is 0 Å². The maximum absolute atomic E-state index is 12.4. The van der Waals surface area contributed by atoms with Gasteiger partial charge in [-0.1, -0.05) is 6.07 Å². The van der Waals surface area contributed by atoms with Gasteiger partial charge in [-0.15, -0.1) is 0 Å². The van der Waals surface area contributed by atoms with E-state index in [0.717, 1.165) is 5.69 Å². The number of hydrogen-bond donors (Lipinski definition) is 1. The number of nitrogens with two attached hydrogens (primary N) is 1. The number of rotatable bonds is 2. The summed E-state index contributed by atoms with van der Waals surface area (Å²) >= 11 is 0. The molecule has 9 heteroatoms. The fourth-order valence-corrected chi connectivity index (χ4v) is 2.99. The van der Waals surface area contributed by atoms with Gasteiger partial charge in [-0.2, -0.15) is 17.5 Å². The summed E-state index contributed by atoms with van der Waals surface area (Å²) in [6.07, 6.45) is 0. The van der Waals surface area contributed by atoms with Crippen LogP contribution in [0.1, 0.15) is 0 Å². The lowest BCUT2D eigenvalue weighted by Crippen LogP contribution is -2.52. The maximum Gasteiger partial charge on any atom is 0.511 e. The van der Waals surface area contributed by atoms with Crippen molar-refractivity contribution in [2.24, 2.45) is 0 Å². The van der Waals surface area contributed by atoms with Gasteiger partial charge in [-0.3, -0.25) is 0 Å². The van der Waals surface area contributed by atoms with Crippen LogP contribution in [-0.2, 0) is 10.0 Å². The summed E-state index contributed by atoms with van der Waals surface area (Å²) in [4.78, 5) is 1.80. The monoisotopic (exact) mass is 309 g/mol. The molecule has 0 aliphatic carbocycles. The molecule has 0 spiro atoms. The Bertz CT molecular complexity index is 581. The Morgan fingerprint density at radius 2 is 1.70 bits per heavy atom. The number of nitrogens with zero attached hydrogens (tertiary/aromatic N) is 2. The molecule has 1 saturated heterocycles. The van der Waals surface area contributed by atoms with Crippen molar-refractivity contribution < 1.29 is 21.6 Å². The molecular weight excluding hydrogens is 295 g/mol. The van der Waals surface area contributed by atoms with Crippen LogP contribution in [0, 0.1) is 0 Å². The number of alkyl halides is 3. The highest BCUT2D eigenvalue weighted by atomic mass is 32.2. The van der Waals surface area contributed by atoms with Gasteiger partial charge in [-0.25, -0.2) is 8.42 Å². The van der Waals surface area contributed by atoms with Crippen LogP contribution in [0.2, 0.25) is 0 Å². The molecule has 1 aromatic rings. The third kappa shape index (κ3) is 2.83. The van der Waals surface area contributed by atoms with Crippen molar-refractivity contribution >= 4 is 21.4 Å². The summed E-state index contributed by atoms with van der Waals surface area (Å²) < 4.78 is 60.3. The van der Waals surface area contributed by atoms with Crippen LogP contribution in [0.3, 0.4) is 0 Å². The highest BCUT2D eigenvalue weighted by molar-refractivity contribution is 7.90. The summed E-state index contributed by atoms with van der Waals surface area (Å²) in [6.45, 7) is -0.00912. The smallest absolute Gasteiger partial charge is 0.399 e. The predicted molar refractivity (Wildman–Crippen MR) is 69.6 cm³/mol. The van der Waals surface area contributed by atoms with Crippen LogP contribution in [0.15, 0.2) is 24.3 Å². The van der Waals surface area contributed by atoms with Gasteiger partial charge < -0.3 is 10.6 Å². The van der Waals surface area contributed by atoms with E-state index in [9.17, 15) is 21.6 Å².